The summed E-state index contributed by atoms with van der Waals surface area (Å²) in [5.41, 5.74) is 1.60. The first-order chi connectivity index (χ1) is 19.8. The van der Waals surface area contributed by atoms with E-state index in [1.165, 1.54) is 6.08 Å². The number of fused-ring (bicyclic) bond motifs is 7. The molecule has 3 heterocycles. The average molecular weight is 583 g/mol. The van der Waals surface area contributed by atoms with E-state index < -0.39 is 54.4 Å². The molecule has 3 N–H and O–H groups in total. The van der Waals surface area contributed by atoms with Gasteiger partial charge in [-0.05, 0) is 35.3 Å². The third-order valence-corrected chi connectivity index (χ3v) is 7.18. The number of hydrogen-bond donors (Lipinski definition) is 3. The van der Waals surface area contributed by atoms with Gasteiger partial charge in [-0.1, -0.05) is 57.2 Å². The van der Waals surface area contributed by atoms with Crippen molar-refractivity contribution in [1.82, 2.24) is 20.2 Å². The number of aliphatic hydroxyl groups is 1. The Morgan fingerprint density at radius 1 is 1.12 bits per heavy atom. The van der Waals surface area contributed by atoms with Crippen LogP contribution in [0.3, 0.4) is 0 Å². The predicted molar refractivity (Wildman–Crippen MR) is 149 cm³/mol. The van der Waals surface area contributed by atoms with Crippen LogP contribution in [0.4, 0.5) is 8.78 Å². The number of amides is 1. The van der Waals surface area contributed by atoms with Crippen LogP contribution in [0.5, 0.6) is 5.88 Å². The van der Waals surface area contributed by atoms with Crippen LogP contribution in [-0.2, 0) is 14.3 Å². The molecule has 0 spiro atoms. The van der Waals surface area contributed by atoms with Crippen LogP contribution in [0.2, 0.25) is 0 Å². The van der Waals surface area contributed by atoms with Crippen molar-refractivity contribution in [3.8, 4) is 17.1 Å². The van der Waals surface area contributed by atoms with Gasteiger partial charge in [0.25, 0.3) is 5.92 Å². The summed E-state index contributed by atoms with van der Waals surface area (Å²) in [5, 5.41) is 23.0. The Kier molecular flexibility index (Phi) is 7.97. The van der Waals surface area contributed by atoms with E-state index in [0.717, 1.165) is 4.90 Å². The summed E-state index contributed by atoms with van der Waals surface area (Å²) in [7, 11) is 0. The second-order valence-electron chi connectivity index (χ2n) is 11.5. The monoisotopic (exact) mass is 582 g/mol. The smallest absolute Gasteiger partial charge is 0.326 e. The molecule has 2 aromatic carbocycles. The van der Waals surface area contributed by atoms with Crippen LogP contribution in [0, 0.1) is 5.41 Å². The third kappa shape index (κ3) is 6.40. The van der Waals surface area contributed by atoms with Gasteiger partial charge < -0.3 is 24.6 Å². The van der Waals surface area contributed by atoms with E-state index >= 15 is 0 Å². The number of alkyl halides is 2. The van der Waals surface area contributed by atoms with Crippen molar-refractivity contribution >= 4 is 29.0 Å². The number of carbonyl (C=O) groups is 2. The van der Waals surface area contributed by atoms with Gasteiger partial charge in [-0.2, -0.15) is 8.78 Å². The Morgan fingerprint density at radius 2 is 1.83 bits per heavy atom. The Morgan fingerprint density at radius 3 is 2.52 bits per heavy atom. The molecule has 1 aromatic heterocycles. The number of halogens is 2. The lowest BCUT2D eigenvalue weighted by molar-refractivity contribution is -0.175. The number of para-hydroxylation sites is 2. The summed E-state index contributed by atoms with van der Waals surface area (Å²) in [6, 6.07) is 11.5. The number of ether oxygens (including phenoxy) is 2. The van der Waals surface area contributed by atoms with Gasteiger partial charge in [0.15, 0.2) is 0 Å². The normalized spacial score (nSPS) is 24.9. The molecular formula is C30H32F2N4O6. The first kappa shape index (κ1) is 29.5. The SMILES string of the molecule is CC(C)(C)[C@@H]1NC(O)OCC(F)(F)C=Cc2cccc(c2)-c2nc3ccccc3nc2O[C@@H]2C[C@@H](C(=O)O)N(C2)C1=O. The Bertz CT molecular complexity index is 1530. The summed E-state index contributed by atoms with van der Waals surface area (Å²) in [5.74, 6) is -5.21. The molecule has 0 aliphatic carbocycles. The van der Waals surface area contributed by atoms with E-state index in [0.29, 0.717) is 33.9 Å². The highest BCUT2D eigenvalue weighted by molar-refractivity contribution is 5.88. The van der Waals surface area contributed by atoms with Crippen molar-refractivity contribution < 1.29 is 38.1 Å². The van der Waals surface area contributed by atoms with Crippen LogP contribution in [-0.4, -0.2) is 80.6 Å². The molecule has 4 atom stereocenters. The third-order valence-electron chi connectivity index (χ3n) is 7.18. The van der Waals surface area contributed by atoms with Crippen molar-refractivity contribution in [2.45, 2.75) is 57.7 Å². The minimum atomic E-state index is -3.46. The molecule has 222 valence electrons. The standard InChI is InChI=1S/C30H32F2N4O6/c1-29(2,3)24-26(37)36-15-19(14-22(36)27(38)39)42-25-23(33-20-9-4-5-10-21(20)34-25)18-8-6-7-17(13-18)11-12-30(31,32)16-41-28(40)35-24/h4-13,19,22,24,28,35,40H,14-16H2,1-3H3,(H,38,39)/t19-,22+,24-,28?/m1/s1. The number of aromatic nitrogens is 2. The van der Waals surface area contributed by atoms with E-state index in [4.69, 9.17) is 14.5 Å². The molecule has 2 aliphatic rings. The molecule has 5 rings (SSSR count). The maximum absolute atomic E-state index is 14.7. The van der Waals surface area contributed by atoms with Crippen LogP contribution < -0.4 is 10.1 Å². The Labute approximate surface area is 241 Å². The van der Waals surface area contributed by atoms with Crippen LogP contribution in [0.25, 0.3) is 28.4 Å². The highest BCUT2D eigenvalue weighted by atomic mass is 19.3. The maximum atomic E-state index is 14.7. The number of carbonyl (C=O) groups excluding carboxylic acids is 1. The highest BCUT2D eigenvalue weighted by Gasteiger charge is 2.46. The van der Waals surface area contributed by atoms with E-state index in [-0.39, 0.29) is 18.8 Å². The molecule has 2 aliphatic heterocycles. The molecule has 0 saturated carbocycles. The minimum absolute atomic E-state index is 0.0278. The first-order valence-electron chi connectivity index (χ1n) is 13.5. The quantitative estimate of drug-likeness (QED) is 0.393. The highest BCUT2D eigenvalue weighted by Crippen LogP contribution is 2.34. The van der Waals surface area contributed by atoms with Crippen LogP contribution >= 0.6 is 0 Å². The summed E-state index contributed by atoms with van der Waals surface area (Å²) < 4.78 is 40.7. The summed E-state index contributed by atoms with van der Waals surface area (Å²) in [6.45, 7) is 3.84. The zero-order chi connectivity index (χ0) is 30.2. The van der Waals surface area contributed by atoms with Gasteiger partial charge in [0.05, 0.1) is 23.6 Å². The lowest BCUT2D eigenvalue weighted by Crippen LogP contribution is -2.58. The molecular weight excluding hydrogens is 550 g/mol. The van der Waals surface area contributed by atoms with E-state index in [1.807, 2.05) is 6.07 Å². The number of rotatable bonds is 1. The molecule has 42 heavy (non-hydrogen) atoms. The Hall–Kier alpha value is -4.00. The molecule has 3 aromatic rings. The number of aliphatic carboxylic acids is 1. The molecule has 0 radical (unpaired) electrons. The number of nitrogens with one attached hydrogen (secondary N) is 1. The molecule has 1 fully saturated rings. The fourth-order valence-electron chi connectivity index (χ4n) is 5.07. The van der Waals surface area contributed by atoms with Gasteiger partial charge >= 0.3 is 5.97 Å². The number of nitrogens with zero attached hydrogens (tertiary/aromatic N) is 3. The van der Waals surface area contributed by atoms with Crippen molar-refractivity contribution in [2.75, 3.05) is 13.2 Å². The topological polar surface area (TPSA) is 134 Å². The largest absolute Gasteiger partial charge is 0.480 e. The molecule has 12 heteroatoms. The van der Waals surface area contributed by atoms with Crippen LogP contribution in [0.15, 0.2) is 54.6 Å². The van der Waals surface area contributed by atoms with Crippen molar-refractivity contribution in [2.24, 2.45) is 5.41 Å². The van der Waals surface area contributed by atoms with E-state index in [9.17, 15) is 28.6 Å². The lowest BCUT2D eigenvalue weighted by atomic mass is 9.85. The first-order valence-corrected chi connectivity index (χ1v) is 13.5. The predicted octanol–water partition coefficient (Wildman–Crippen LogP) is 3.69. The second-order valence-corrected chi connectivity index (χ2v) is 11.5. The van der Waals surface area contributed by atoms with Gasteiger partial charge in [-0.3, -0.25) is 10.1 Å². The number of aliphatic hydroxyl groups excluding tert-OH is 1. The average Bonchev–Trinajstić information content (AvgIpc) is 3.36. The number of benzene rings is 2. The number of carboxylic acids is 1. The van der Waals surface area contributed by atoms with Crippen molar-refractivity contribution in [1.29, 1.82) is 0 Å². The zero-order valence-electron chi connectivity index (χ0n) is 23.3. The summed E-state index contributed by atoms with van der Waals surface area (Å²) >= 11 is 0. The van der Waals surface area contributed by atoms with E-state index in [2.05, 4.69) is 10.3 Å². The summed E-state index contributed by atoms with van der Waals surface area (Å²) in [4.78, 5) is 36.6. The van der Waals surface area contributed by atoms with Gasteiger partial charge in [-0.15, -0.1) is 0 Å². The number of carboxylic acid groups (broad SMARTS) is 1. The fraction of sp³-hybridized carbons (Fsp3) is 0.400. The van der Waals surface area contributed by atoms with E-state index in [1.54, 1.807) is 63.2 Å². The van der Waals surface area contributed by atoms with Gasteiger partial charge in [0, 0.05) is 12.0 Å². The van der Waals surface area contributed by atoms with Gasteiger partial charge in [0.2, 0.25) is 18.2 Å². The molecule has 10 nitrogen and oxygen atoms in total. The zero-order valence-corrected chi connectivity index (χ0v) is 23.3. The van der Waals surface area contributed by atoms with Gasteiger partial charge in [0.1, 0.15) is 24.4 Å². The molecule has 1 unspecified atom stereocenters. The summed E-state index contributed by atoms with van der Waals surface area (Å²) in [6.07, 6.45) is -0.792. The molecule has 1 saturated heterocycles. The van der Waals surface area contributed by atoms with Crippen molar-refractivity contribution in [3.63, 3.8) is 0 Å². The fourth-order valence-corrected chi connectivity index (χ4v) is 5.07. The van der Waals surface area contributed by atoms with Crippen LogP contribution in [0.1, 0.15) is 32.8 Å². The van der Waals surface area contributed by atoms with Gasteiger partial charge in [-0.25, -0.2) is 14.8 Å². The molecule has 4 bridgehead atoms. The lowest BCUT2D eigenvalue weighted by Gasteiger charge is -2.36. The Balaban J connectivity index is 1.62. The molecule has 1 amide bonds. The number of hydrogen-bond acceptors (Lipinski definition) is 8. The second kappa shape index (κ2) is 11.3. The minimum Gasteiger partial charge on any atom is -0.480 e. The van der Waals surface area contributed by atoms with Crippen molar-refractivity contribution in [3.05, 3.63) is 60.2 Å². The maximum Gasteiger partial charge on any atom is 0.326 e.